The van der Waals surface area contributed by atoms with E-state index >= 15 is 0 Å². The third kappa shape index (κ3) is 7.61. The van der Waals surface area contributed by atoms with Gasteiger partial charge < -0.3 is 10.1 Å². The smallest absolute Gasteiger partial charge is 0.407 e. The predicted octanol–water partition coefficient (Wildman–Crippen LogP) is 4.91. The molecule has 1 amide bonds. The summed E-state index contributed by atoms with van der Waals surface area (Å²) < 4.78 is 5.28. The standard InChI is InChI=1S/C20H25N3O2/c1-20(2,3)25-19(24)21-15-18(14-16-10-6-4-7-11-16)23-22-17-12-8-5-9-13-17/h4-13,18H,14-15H2,1-3H3,(H,21,24). The molecule has 0 fully saturated rings. The largest absolute Gasteiger partial charge is 0.444 e. The molecule has 0 spiro atoms. The van der Waals surface area contributed by atoms with Crippen LogP contribution in [0, 0.1) is 0 Å². The Morgan fingerprint density at radius 1 is 1.04 bits per heavy atom. The molecule has 0 aromatic heterocycles. The van der Waals surface area contributed by atoms with Gasteiger partial charge in [0.1, 0.15) is 5.60 Å². The molecule has 132 valence electrons. The van der Waals surface area contributed by atoms with Crippen LogP contribution in [0.3, 0.4) is 0 Å². The summed E-state index contributed by atoms with van der Waals surface area (Å²) in [6, 6.07) is 19.4. The zero-order valence-corrected chi connectivity index (χ0v) is 15.0. The highest BCUT2D eigenvalue weighted by Gasteiger charge is 2.17. The Bertz CT molecular complexity index is 679. The topological polar surface area (TPSA) is 63.0 Å². The van der Waals surface area contributed by atoms with Crippen LogP contribution in [0.1, 0.15) is 26.3 Å². The molecule has 2 rings (SSSR count). The summed E-state index contributed by atoms with van der Waals surface area (Å²) >= 11 is 0. The number of benzene rings is 2. The number of azo groups is 1. The van der Waals surface area contributed by atoms with Crippen molar-refractivity contribution in [1.29, 1.82) is 0 Å². The number of nitrogens with zero attached hydrogens (tertiary/aromatic N) is 2. The minimum Gasteiger partial charge on any atom is -0.444 e. The number of rotatable bonds is 6. The highest BCUT2D eigenvalue weighted by molar-refractivity contribution is 5.67. The first-order valence-electron chi connectivity index (χ1n) is 8.39. The quantitative estimate of drug-likeness (QED) is 0.760. The van der Waals surface area contributed by atoms with E-state index in [0.29, 0.717) is 13.0 Å². The maximum atomic E-state index is 11.9. The van der Waals surface area contributed by atoms with Gasteiger partial charge in [0.15, 0.2) is 0 Å². The fraction of sp³-hybridized carbons (Fsp3) is 0.350. The number of nitrogens with one attached hydrogen (secondary N) is 1. The molecule has 0 saturated carbocycles. The maximum Gasteiger partial charge on any atom is 0.407 e. The van der Waals surface area contributed by atoms with Gasteiger partial charge in [0.05, 0.1) is 11.7 Å². The molecule has 1 atom stereocenters. The molecule has 0 bridgehead atoms. The SMILES string of the molecule is CC(C)(C)OC(=O)NCC(Cc1ccccc1)N=Nc1ccccc1. The zero-order chi connectivity index (χ0) is 18.1. The van der Waals surface area contributed by atoms with Crippen LogP contribution >= 0.6 is 0 Å². The van der Waals surface area contributed by atoms with Crippen molar-refractivity contribution in [2.45, 2.75) is 38.8 Å². The second-order valence-electron chi connectivity index (χ2n) is 6.78. The van der Waals surface area contributed by atoms with Gasteiger partial charge in [-0.2, -0.15) is 10.2 Å². The zero-order valence-electron chi connectivity index (χ0n) is 15.0. The summed E-state index contributed by atoms with van der Waals surface area (Å²) in [6.45, 7) is 5.87. The van der Waals surface area contributed by atoms with Crippen LogP contribution < -0.4 is 5.32 Å². The summed E-state index contributed by atoms with van der Waals surface area (Å²) in [4.78, 5) is 11.9. The molecular weight excluding hydrogens is 314 g/mol. The van der Waals surface area contributed by atoms with Crippen LogP contribution in [0.2, 0.25) is 0 Å². The van der Waals surface area contributed by atoms with E-state index in [1.54, 1.807) is 0 Å². The van der Waals surface area contributed by atoms with E-state index in [9.17, 15) is 4.79 Å². The first kappa shape index (κ1) is 18.6. The van der Waals surface area contributed by atoms with Gasteiger partial charge in [0, 0.05) is 6.54 Å². The summed E-state index contributed by atoms with van der Waals surface area (Å²) in [5, 5.41) is 11.5. The summed E-state index contributed by atoms with van der Waals surface area (Å²) in [5.74, 6) is 0. The minimum atomic E-state index is -0.523. The number of carbonyl (C=O) groups excluding carboxylic acids is 1. The Kier molecular flexibility index (Phi) is 6.69. The number of amides is 1. The second kappa shape index (κ2) is 8.97. The molecule has 1 N–H and O–H groups in total. The van der Waals surface area contributed by atoms with Gasteiger partial charge in [-0.3, -0.25) is 0 Å². The minimum absolute atomic E-state index is 0.171. The monoisotopic (exact) mass is 339 g/mol. The first-order chi connectivity index (χ1) is 11.9. The number of carbonyl (C=O) groups is 1. The van der Waals surface area contributed by atoms with Crippen LogP contribution in [-0.4, -0.2) is 24.3 Å². The van der Waals surface area contributed by atoms with Crippen LogP contribution in [0.5, 0.6) is 0 Å². The van der Waals surface area contributed by atoms with Crippen LogP contribution in [0.25, 0.3) is 0 Å². The van der Waals surface area contributed by atoms with Crippen molar-refractivity contribution in [3.63, 3.8) is 0 Å². The van der Waals surface area contributed by atoms with E-state index in [0.717, 1.165) is 11.3 Å². The van der Waals surface area contributed by atoms with Gasteiger partial charge in [-0.25, -0.2) is 4.79 Å². The normalized spacial score (nSPS) is 12.8. The molecule has 0 saturated heterocycles. The van der Waals surface area contributed by atoms with Crippen molar-refractivity contribution < 1.29 is 9.53 Å². The van der Waals surface area contributed by atoms with E-state index in [4.69, 9.17) is 4.74 Å². The van der Waals surface area contributed by atoms with Gasteiger partial charge >= 0.3 is 6.09 Å². The van der Waals surface area contributed by atoms with Crippen molar-refractivity contribution in [2.24, 2.45) is 10.2 Å². The highest BCUT2D eigenvalue weighted by atomic mass is 16.6. The molecule has 0 aliphatic heterocycles. The Hall–Kier alpha value is -2.69. The van der Waals surface area contributed by atoms with Crippen molar-refractivity contribution in [3.8, 4) is 0 Å². The third-order valence-electron chi connectivity index (χ3n) is 3.29. The fourth-order valence-electron chi connectivity index (χ4n) is 2.20. The van der Waals surface area contributed by atoms with Crippen LogP contribution in [0.15, 0.2) is 70.9 Å². The van der Waals surface area contributed by atoms with Crippen molar-refractivity contribution in [2.75, 3.05) is 6.54 Å². The first-order valence-corrected chi connectivity index (χ1v) is 8.39. The Morgan fingerprint density at radius 3 is 2.24 bits per heavy atom. The molecule has 2 aromatic rings. The summed E-state index contributed by atoms with van der Waals surface area (Å²) in [5.41, 5.74) is 1.41. The second-order valence-corrected chi connectivity index (χ2v) is 6.78. The molecule has 0 radical (unpaired) electrons. The molecule has 1 unspecified atom stereocenters. The van der Waals surface area contributed by atoms with Crippen LogP contribution in [-0.2, 0) is 11.2 Å². The lowest BCUT2D eigenvalue weighted by molar-refractivity contribution is 0.0524. The predicted molar refractivity (Wildman–Crippen MR) is 99.1 cm³/mol. The average Bonchev–Trinajstić information content (AvgIpc) is 2.57. The van der Waals surface area contributed by atoms with Gasteiger partial charge in [-0.15, -0.1) is 0 Å². The van der Waals surface area contributed by atoms with Crippen LogP contribution in [0.4, 0.5) is 10.5 Å². The highest BCUT2D eigenvalue weighted by Crippen LogP contribution is 2.13. The third-order valence-corrected chi connectivity index (χ3v) is 3.29. The number of alkyl carbamates (subject to hydrolysis) is 1. The summed E-state index contributed by atoms with van der Waals surface area (Å²) in [7, 11) is 0. The van der Waals surface area contributed by atoms with Gasteiger partial charge in [-0.1, -0.05) is 48.5 Å². The number of ether oxygens (including phenoxy) is 1. The fourth-order valence-corrected chi connectivity index (χ4v) is 2.20. The maximum absolute atomic E-state index is 11.9. The van der Waals surface area contributed by atoms with Crippen molar-refractivity contribution in [3.05, 3.63) is 66.2 Å². The van der Waals surface area contributed by atoms with Crippen molar-refractivity contribution >= 4 is 11.8 Å². The Balaban J connectivity index is 2.01. The Labute approximate surface area is 149 Å². The molecule has 0 aliphatic carbocycles. The van der Waals surface area contributed by atoms with E-state index in [1.165, 1.54) is 0 Å². The molecular formula is C20H25N3O2. The number of hydrogen-bond donors (Lipinski definition) is 1. The molecule has 2 aromatic carbocycles. The van der Waals surface area contributed by atoms with Gasteiger partial charge in [-0.05, 0) is 44.9 Å². The lowest BCUT2D eigenvalue weighted by Gasteiger charge is -2.20. The lowest BCUT2D eigenvalue weighted by Crippen LogP contribution is -2.37. The molecule has 25 heavy (non-hydrogen) atoms. The summed E-state index contributed by atoms with van der Waals surface area (Å²) in [6.07, 6.45) is 0.243. The van der Waals surface area contributed by atoms with E-state index in [2.05, 4.69) is 15.5 Å². The van der Waals surface area contributed by atoms with E-state index < -0.39 is 11.7 Å². The van der Waals surface area contributed by atoms with Gasteiger partial charge in [0.2, 0.25) is 0 Å². The molecule has 0 heterocycles. The van der Waals surface area contributed by atoms with Crippen molar-refractivity contribution in [1.82, 2.24) is 5.32 Å². The van der Waals surface area contributed by atoms with Gasteiger partial charge in [0.25, 0.3) is 0 Å². The Morgan fingerprint density at radius 2 is 1.64 bits per heavy atom. The average molecular weight is 339 g/mol. The molecule has 0 aliphatic rings. The molecule has 5 nitrogen and oxygen atoms in total. The van der Waals surface area contributed by atoms with E-state index in [-0.39, 0.29) is 6.04 Å². The molecule has 5 heteroatoms. The number of hydrogen-bond acceptors (Lipinski definition) is 4. The van der Waals surface area contributed by atoms with E-state index in [1.807, 2.05) is 81.4 Å². The lowest BCUT2D eigenvalue weighted by atomic mass is 10.1.